The number of piperazine rings is 1. The van der Waals surface area contributed by atoms with Gasteiger partial charge in [0.1, 0.15) is 5.60 Å². The summed E-state index contributed by atoms with van der Waals surface area (Å²) in [6.07, 6.45) is -2.20. The number of aliphatic hydroxyl groups excluding tert-OH is 1. The van der Waals surface area contributed by atoms with E-state index in [9.17, 15) is 29.4 Å². The molecule has 1 unspecified atom stereocenters. The fourth-order valence-corrected chi connectivity index (χ4v) is 8.16. The Balaban J connectivity index is 1.66. The van der Waals surface area contributed by atoms with Crippen LogP contribution in [0.2, 0.25) is 0 Å². The molecule has 31 heavy (non-hydrogen) atoms. The summed E-state index contributed by atoms with van der Waals surface area (Å²) in [6, 6.07) is -0.979. The van der Waals surface area contributed by atoms with Crippen molar-refractivity contribution in [2.75, 3.05) is 13.7 Å². The highest BCUT2D eigenvalue weighted by Gasteiger charge is 2.86. The van der Waals surface area contributed by atoms with Gasteiger partial charge in [-0.2, -0.15) is 0 Å². The lowest BCUT2D eigenvalue weighted by molar-refractivity contribution is -0.189. The van der Waals surface area contributed by atoms with Crippen LogP contribution in [0.5, 0.6) is 0 Å². The number of carbonyl (C=O) groups excluding carboxylic acids is 4. The lowest BCUT2D eigenvalue weighted by Gasteiger charge is -2.40. The van der Waals surface area contributed by atoms with Gasteiger partial charge < -0.3 is 29.5 Å². The Kier molecular flexibility index (Phi) is 3.84. The van der Waals surface area contributed by atoms with Crippen molar-refractivity contribution >= 4 is 35.3 Å². The number of carbonyl (C=O) groups is 4. The molecule has 2 bridgehead atoms. The van der Waals surface area contributed by atoms with E-state index in [4.69, 9.17) is 9.47 Å². The van der Waals surface area contributed by atoms with Crippen LogP contribution in [-0.4, -0.2) is 96.4 Å². The number of likely N-dealkylation sites (N-methyl/N-ethyl adjacent to an activating group) is 1. The lowest BCUT2D eigenvalue weighted by Crippen LogP contribution is -2.64. The summed E-state index contributed by atoms with van der Waals surface area (Å²) in [4.78, 5) is 51.9. The zero-order valence-corrected chi connectivity index (χ0v) is 18.8. The van der Waals surface area contributed by atoms with Crippen LogP contribution in [0.1, 0.15) is 40.5 Å². The van der Waals surface area contributed by atoms with Crippen LogP contribution < -0.4 is 0 Å². The van der Waals surface area contributed by atoms with Crippen LogP contribution in [0.15, 0.2) is 0 Å². The number of hydrogen-bond acceptors (Lipinski definition) is 9. The minimum atomic E-state index is -1.85. The summed E-state index contributed by atoms with van der Waals surface area (Å²) in [5.74, 6) is -1.91. The lowest BCUT2D eigenvalue weighted by atomic mass is 9.76. The Morgan fingerprint density at radius 3 is 2.45 bits per heavy atom. The molecular formula is C20H26N2O8S. The number of thioether (sulfide) groups is 1. The normalized spacial score (nSPS) is 49.4. The topological polar surface area (TPSA) is 134 Å². The number of aliphatic hydroxyl groups is 2. The maximum absolute atomic E-state index is 13.5. The summed E-state index contributed by atoms with van der Waals surface area (Å²) >= 11 is 1.01. The van der Waals surface area contributed by atoms with E-state index < -0.39 is 69.0 Å². The fraction of sp³-hybridized carbons (Fsp3) is 0.800. The Morgan fingerprint density at radius 2 is 1.94 bits per heavy atom. The van der Waals surface area contributed by atoms with Crippen LogP contribution in [0.25, 0.3) is 0 Å². The Bertz CT molecular complexity index is 955. The zero-order valence-electron chi connectivity index (χ0n) is 18.0. The van der Waals surface area contributed by atoms with Gasteiger partial charge in [-0.05, 0) is 6.92 Å². The molecule has 2 spiro atoms. The van der Waals surface area contributed by atoms with Gasteiger partial charge in [0, 0.05) is 26.8 Å². The molecule has 1 aliphatic carbocycles. The quantitative estimate of drug-likeness (QED) is 0.505. The van der Waals surface area contributed by atoms with Crippen LogP contribution in [0.4, 0.5) is 0 Å². The average molecular weight is 455 g/mol. The molecule has 0 aromatic carbocycles. The number of hydrogen-bond donors (Lipinski definition) is 2. The van der Waals surface area contributed by atoms with E-state index in [0.717, 1.165) is 11.8 Å². The summed E-state index contributed by atoms with van der Waals surface area (Å²) in [7, 11) is 1.45. The smallest absolute Gasteiger partial charge is 0.303 e. The van der Waals surface area contributed by atoms with Gasteiger partial charge in [0.15, 0.2) is 27.2 Å². The van der Waals surface area contributed by atoms with Gasteiger partial charge in [-0.15, -0.1) is 0 Å². The van der Waals surface area contributed by atoms with Crippen molar-refractivity contribution < 1.29 is 38.9 Å². The van der Waals surface area contributed by atoms with Crippen LogP contribution in [-0.2, 0) is 28.7 Å². The number of fused-ring (bicyclic) bond motifs is 3. The van der Waals surface area contributed by atoms with Crippen LogP contribution in [0, 0.1) is 5.41 Å². The summed E-state index contributed by atoms with van der Waals surface area (Å²) in [5, 5.41) is 21.9. The Labute approximate surface area is 183 Å². The average Bonchev–Trinajstić information content (AvgIpc) is 3.29. The van der Waals surface area contributed by atoms with Crippen LogP contribution >= 0.6 is 11.8 Å². The second kappa shape index (κ2) is 5.62. The molecule has 4 heterocycles. The zero-order chi connectivity index (χ0) is 22.9. The molecule has 7 atom stereocenters. The highest BCUT2D eigenvalue weighted by Crippen LogP contribution is 2.69. The van der Waals surface area contributed by atoms with Gasteiger partial charge in [-0.25, -0.2) is 0 Å². The molecule has 5 fully saturated rings. The van der Waals surface area contributed by atoms with Crippen molar-refractivity contribution in [2.24, 2.45) is 5.41 Å². The molecular weight excluding hydrogens is 428 g/mol. The third-order valence-corrected chi connectivity index (χ3v) is 9.89. The second-order valence-corrected chi connectivity index (χ2v) is 11.5. The van der Waals surface area contributed by atoms with E-state index in [-0.39, 0.29) is 18.6 Å². The molecule has 11 heteroatoms. The van der Waals surface area contributed by atoms with Gasteiger partial charge in [0.05, 0.1) is 24.2 Å². The molecule has 5 aliphatic rings. The van der Waals surface area contributed by atoms with Crippen molar-refractivity contribution in [3.8, 4) is 0 Å². The first-order chi connectivity index (χ1) is 14.2. The van der Waals surface area contributed by atoms with Gasteiger partial charge in [-0.3, -0.25) is 19.2 Å². The van der Waals surface area contributed by atoms with E-state index in [1.807, 2.05) is 0 Å². The molecule has 0 radical (unpaired) electrons. The molecule has 2 N–H and O–H groups in total. The monoisotopic (exact) mass is 454 g/mol. The molecule has 1 saturated carbocycles. The maximum Gasteiger partial charge on any atom is 0.303 e. The third-order valence-electron chi connectivity index (χ3n) is 8.12. The predicted molar refractivity (Wildman–Crippen MR) is 105 cm³/mol. The Hall–Kier alpha value is -1.69. The number of ether oxygens (including phenoxy) is 2. The third kappa shape index (κ3) is 1.99. The summed E-state index contributed by atoms with van der Waals surface area (Å²) < 4.78 is 11.7. The SMILES string of the molecule is CC(=O)O[C@H]1[C@]2(O)C[C@]34SC(CO)(C(=O)N3[C@@H]2C[C@@]12O[C@H](C)C(C)(C)C2=O)N(C)C4=O. The summed E-state index contributed by atoms with van der Waals surface area (Å²) in [5.41, 5.74) is -4.37. The van der Waals surface area contributed by atoms with Gasteiger partial charge in [0.25, 0.3) is 11.8 Å². The van der Waals surface area contributed by atoms with E-state index in [2.05, 4.69) is 0 Å². The van der Waals surface area contributed by atoms with Gasteiger partial charge in [-0.1, -0.05) is 25.6 Å². The molecule has 0 aromatic rings. The number of Topliss-reactive ketones (excluding diaryl/α,β-unsaturated/α-hetero) is 1. The molecule has 0 aromatic heterocycles. The number of amides is 2. The van der Waals surface area contributed by atoms with E-state index in [0.29, 0.717) is 0 Å². The van der Waals surface area contributed by atoms with Crippen molar-refractivity contribution in [3.63, 3.8) is 0 Å². The van der Waals surface area contributed by atoms with E-state index in [1.165, 1.54) is 23.8 Å². The number of rotatable bonds is 2. The largest absolute Gasteiger partial charge is 0.456 e. The fourth-order valence-electron chi connectivity index (χ4n) is 6.30. The standard InChI is InChI=1S/C20H26N2O8S/c1-9-16(3,4)12(25)18(30-9)6-11-17(28,13(18)29-10(2)24)7-19-14(26)21(5)20(8-23,31-19)15(27)22(11)19/h9,11,13,23,28H,6-8H2,1-5H3/t9-,11-,13+,17+,18+,19-,20?/m1/s1. The van der Waals surface area contributed by atoms with Crippen molar-refractivity contribution in [1.29, 1.82) is 0 Å². The van der Waals surface area contributed by atoms with Crippen molar-refractivity contribution in [1.82, 2.24) is 9.80 Å². The molecule has 10 nitrogen and oxygen atoms in total. The predicted octanol–water partition coefficient (Wildman–Crippen LogP) is -0.990. The first kappa shape index (κ1) is 21.2. The molecule has 170 valence electrons. The number of esters is 1. The first-order valence-electron chi connectivity index (χ1n) is 10.3. The first-order valence-corrected chi connectivity index (χ1v) is 11.1. The summed E-state index contributed by atoms with van der Waals surface area (Å²) in [6.45, 7) is 5.82. The van der Waals surface area contributed by atoms with Gasteiger partial charge in [0.2, 0.25) is 0 Å². The second-order valence-electron chi connectivity index (χ2n) is 9.95. The molecule has 5 rings (SSSR count). The highest BCUT2D eigenvalue weighted by atomic mass is 32.2. The van der Waals surface area contributed by atoms with Crippen molar-refractivity contribution in [2.45, 2.75) is 79.7 Å². The highest BCUT2D eigenvalue weighted by molar-refractivity contribution is 8.04. The molecule has 2 amide bonds. The molecule has 4 saturated heterocycles. The molecule has 4 aliphatic heterocycles. The minimum absolute atomic E-state index is 0.0966. The van der Waals surface area contributed by atoms with E-state index in [1.54, 1.807) is 20.8 Å². The van der Waals surface area contributed by atoms with E-state index >= 15 is 0 Å². The maximum atomic E-state index is 13.5. The van der Waals surface area contributed by atoms with Gasteiger partial charge >= 0.3 is 5.97 Å². The van der Waals surface area contributed by atoms with Crippen molar-refractivity contribution in [3.05, 3.63) is 0 Å². The van der Waals surface area contributed by atoms with Crippen LogP contribution in [0.3, 0.4) is 0 Å². The minimum Gasteiger partial charge on any atom is -0.456 e. The number of nitrogens with zero attached hydrogens (tertiary/aromatic N) is 2. The Morgan fingerprint density at radius 1 is 1.29 bits per heavy atom. The number of ketones is 1.